The summed E-state index contributed by atoms with van der Waals surface area (Å²) in [4.78, 5) is 2.42. The van der Waals surface area contributed by atoms with Gasteiger partial charge in [0.25, 0.3) is 0 Å². The Bertz CT molecular complexity index is 3410. The number of fused-ring (bicyclic) bond motifs is 13. The summed E-state index contributed by atoms with van der Waals surface area (Å²) in [7, 11) is 0. The first kappa shape index (κ1) is 36.6. The van der Waals surface area contributed by atoms with E-state index in [1.807, 2.05) is 12.2 Å². The number of hydrogen-bond acceptors (Lipinski definition) is 1. The number of para-hydroxylation sites is 1. The molecule has 1 spiro atoms. The number of anilines is 3. The van der Waals surface area contributed by atoms with Crippen LogP contribution in [0.4, 0.5) is 17.1 Å². The summed E-state index contributed by atoms with van der Waals surface area (Å²) in [6.45, 7) is 8.27. The first-order chi connectivity index (χ1) is 31.1. The lowest BCUT2D eigenvalue weighted by atomic mass is 9.70. The van der Waals surface area contributed by atoms with E-state index in [-0.39, 0.29) is 0 Å². The molecular weight excluding hydrogens is 761 g/mol. The van der Waals surface area contributed by atoms with Gasteiger partial charge in [0.1, 0.15) is 0 Å². The van der Waals surface area contributed by atoms with Gasteiger partial charge in [-0.3, -0.25) is 0 Å². The predicted octanol–water partition coefficient (Wildman–Crippen LogP) is 16.2. The van der Waals surface area contributed by atoms with Crippen LogP contribution in [0.5, 0.6) is 0 Å². The van der Waals surface area contributed by atoms with Crippen molar-refractivity contribution in [3.63, 3.8) is 0 Å². The molecule has 10 aromatic rings. The topological polar surface area (TPSA) is 8.17 Å². The maximum Gasteiger partial charge on any atom is 0.0726 e. The van der Waals surface area contributed by atoms with Crippen LogP contribution in [-0.2, 0) is 5.41 Å². The second-order valence-electron chi connectivity index (χ2n) is 16.6. The van der Waals surface area contributed by atoms with Crippen molar-refractivity contribution in [2.24, 2.45) is 0 Å². The van der Waals surface area contributed by atoms with E-state index in [0.29, 0.717) is 0 Å². The third-order valence-corrected chi connectivity index (χ3v) is 13.3. The zero-order valence-electron chi connectivity index (χ0n) is 34.7. The van der Waals surface area contributed by atoms with Crippen LogP contribution in [0.3, 0.4) is 0 Å². The molecule has 12 rings (SSSR count). The molecule has 2 aliphatic carbocycles. The molecule has 63 heavy (non-hydrogen) atoms. The summed E-state index contributed by atoms with van der Waals surface area (Å²) in [5.41, 5.74) is 21.3. The van der Waals surface area contributed by atoms with Gasteiger partial charge < -0.3 is 9.47 Å². The Morgan fingerprint density at radius 3 is 1.51 bits per heavy atom. The molecule has 0 unspecified atom stereocenters. The average molecular weight is 803 g/mol. The lowest BCUT2D eigenvalue weighted by molar-refractivity contribution is 0.793. The molecule has 1 aromatic heterocycles. The molecule has 2 aliphatic rings. The number of allylic oxidation sites excluding steroid dienone is 4. The lowest BCUT2D eigenvalue weighted by Crippen LogP contribution is -2.26. The normalized spacial score (nSPS) is 13.0. The van der Waals surface area contributed by atoms with Gasteiger partial charge in [-0.15, -0.1) is 0 Å². The molecule has 0 N–H and O–H groups in total. The Morgan fingerprint density at radius 1 is 0.413 bits per heavy atom. The third kappa shape index (κ3) is 5.51. The summed E-state index contributed by atoms with van der Waals surface area (Å²) in [6, 6.07) is 78.2. The van der Waals surface area contributed by atoms with E-state index >= 15 is 0 Å². The number of nitrogens with zero attached hydrogens (tertiary/aromatic N) is 2. The van der Waals surface area contributed by atoms with E-state index in [1.54, 1.807) is 6.08 Å². The first-order valence-electron chi connectivity index (χ1n) is 21.6. The van der Waals surface area contributed by atoms with Gasteiger partial charge in [0, 0.05) is 33.5 Å². The molecule has 0 saturated heterocycles. The van der Waals surface area contributed by atoms with Crippen LogP contribution in [0.25, 0.3) is 72.0 Å². The maximum absolute atomic E-state index is 4.41. The van der Waals surface area contributed by atoms with E-state index < -0.39 is 5.41 Å². The van der Waals surface area contributed by atoms with Crippen molar-refractivity contribution in [1.29, 1.82) is 0 Å². The molecule has 0 aliphatic heterocycles. The molecule has 0 fully saturated rings. The summed E-state index contributed by atoms with van der Waals surface area (Å²) in [5, 5.41) is 2.40. The van der Waals surface area contributed by atoms with Gasteiger partial charge >= 0.3 is 0 Å². The summed E-state index contributed by atoms with van der Waals surface area (Å²) >= 11 is 0. The molecule has 2 heteroatoms. The van der Waals surface area contributed by atoms with Crippen molar-refractivity contribution in [2.45, 2.75) is 5.41 Å². The van der Waals surface area contributed by atoms with Crippen molar-refractivity contribution in [3.8, 4) is 44.5 Å². The zero-order chi connectivity index (χ0) is 42.1. The van der Waals surface area contributed by atoms with Crippen LogP contribution in [0.1, 0.15) is 22.3 Å². The second-order valence-corrected chi connectivity index (χ2v) is 16.6. The highest BCUT2D eigenvalue weighted by molar-refractivity contribution is 6.11. The summed E-state index contributed by atoms with van der Waals surface area (Å²) in [6.07, 6.45) is 5.74. The largest absolute Gasteiger partial charge is 0.310 e. The second kappa shape index (κ2) is 14.5. The number of benzene rings is 9. The Kier molecular flexibility index (Phi) is 8.42. The number of hydrogen-bond donors (Lipinski definition) is 0. The molecule has 0 bridgehead atoms. The van der Waals surface area contributed by atoms with Gasteiger partial charge in [-0.1, -0.05) is 183 Å². The molecule has 0 radical (unpaired) electrons. The van der Waals surface area contributed by atoms with Gasteiger partial charge in [-0.25, -0.2) is 0 Å². The summed E-state index contributed by atoms with van der Waals surface area (Å²) in [5.74, 6) is 0. The Morgan fingerprint density at radius 2 is 0.889 bits per heavy atom. The van der Waals surface area contributed by atoms with Gasteiger partial charge in [-0.05, 0) is 127 Å². The van der Waals surface area contributed by atoms with E-state index in [4.69, 9.17) is 0 Å². The van der Waals surface area contributed by atoms with E-state index in [0.717, 1.165) is 39.4 Å². The molecule has 1 heterocycles. The van der Waals surface area contributed by atoms with Crippen LogP contribution < -0.4 is 4.90 Å². The number of aromatic nitrogens is 1. The van der Waals surface area contributed by atoms with E-state index in [2.05, 4.69) is 235 Å². The monoisotopic (exact) mass is 802 g/mol. The first-order valence-corrected chi connectivity index (χ1v) is 21.6. The molecule has 0 amide bonds. The fraction of sp³-hybridized carbons (Fsp3) is 0.0164. The highest BCUT2D eigenvalue weighted by atomic mass is 15.1. The van der Waals surface area contributed by atoms with Gasteiger partial charge in [0.15, 0.2) is 0 Å². The van der Waals surface area contributed by atoms with Crippen molar-refractivity contribution in [3.05, 3.63) is 266 Å². The van der Waals surface area contributed by atoms with Crippen molar-refractivity contribution >= 4 is 44.6 Å². The minimum absolute atomic E-state index is 0.433. The Hall–Kier alpha value is -8.20. The van der Waals surface area contributed by atoms with E-state index in [9.17, 15) is 0 Å². The van der Waals surface area contributed by atoms with E-state index in [1.165, 1.54) is 72.0 Å². The van der Waals surface area contributed by atoms with Gasteiger partial charge in [-0.2, -0.15) is 0 Å². The quantitative estimate of drug-likeness (QED) is 0.139. The Balaban J connectivity index is 1.01. The highest BCUT2D eigenvalue weighted by Crippen LogP contribution is 2.63. The summed E-state index contributed by atoms with van der Waals surface area (Å²) < 4.78 is 2.24. The zero-order valence-corrected chi connectivity index (χ0v) is 34.7. The molecule has 296 valence electrons. The van der Waals surface area contributed by atoms with Crippen LogP contribution in [0.15, 0.2) is 244 Å². The third-order valence-electron chi connectivity index (χ3n) is 13.3. The average Bonchev–Trinajstić information content (AvgIpc) is 3.95. The fourth-order valence-corrected chi connectivity index (χ4v) is 10.6. The van der Waals surface area contributed by atoms with Crippen molar-refractivity contribution in [1.82, 2.24) is 4.57 Å². The fourth-order valence-electron chi connectivity index (χ4n) is 10.6. The minimum Gasteiger partial charge on any atom is -0.310 e. The predicted molar refractivity (Wildman–Crippen MR) is 266 cm³/mol. The Labute approximate surface area is 368 Å². The number of rotatable bonds is 8. The molecule has 9 aromatic carbocycles. The van der Waals surface area contributed by atoms with Crippen LogP contribution in [0.2, 0.25) is 0 Å². The van der Waals surface area contributed by atoms with Gasteiger partial charge in [0.2, 0.25) is 0 Å². The minimum atomic E-state index is -0.433. The van der Waals surface area contributed by atoms with Crippen molar-refractivity contribution < 1.29 is 0 Å². The smallest absolute Gasteiger partial charge is 0.0726 e. The highest BCUT2D eigenvalue weighted by Gasteiger charge is 2.51. The molecule has 0 saturated carbocycles. The molecule has 2 nitrogen and oxygen atoms in total. The van der Waals surface area contributed by atoms with Crippen LogP contribution in [0, 0.1) is 0 Å². The van der Waals surface area contributed by atoms with Gasteiger partial charge in [0.05, 0.1) is 16.4 Å². The SMILES string of the molecule is C=C/C=C\C(=C)n1c2ccccc2c2cc(-c3ccc(N(c4ccc(-c5ccccc5)cc4)c4ccc5c(c4)C4(c6ccccc6-c6ccccc64)c4ccccc4-5)cc3)ccc21. The maximum atomic E-state index is 4.41. The standard InChI is InChI=1S/C61H42N2/c1-3-4-16-41(2)62-59-26-15-11-22-53(59)54-39-45(31-38-60(54)62)44-29-34-47(35-30-44)63(46-32-27-43(28-33-46)42-17-6-5-7-18-42)48-36-37-52-51-21-10-14-25-57(51)61(58(52)40-48)55-23-12-8-19-49(55)50-20-9-13-24-56(50)61/h3-40H,1-2H2/b16-4-. The van der Waals surface area contributed by atoms with Crippen molar-refractivity contribution in [2.75, 3.05) is 4.90 Å². The lowest BCUT2D eigenvalue weighted by Gasteiger charge is -2.32. The van der Waals surface area contributed by atoms with Crippen LogP contribution in [-0.4, -0.2) is 4.57 Å². The van der Waals surface area contributed by atoms with Crippen LogP contribution >= 0.6 is 0 Å². The molecular formula is C61H42N2. The molecule has 0 atom stereocenters.